The van der Waals surface area contributed by atoms with Crippen LogP contribution in [0.2, 0.25) is 0 Å². The summed E-state index contributed by atoms with van der Waals surface area (Å²) >= 11 is 0. The minimum Gasteiger partial charge on any atom is -0.396 e. The molecular weight excluding hydrogens is 154 g/mol. The Hall–Kier alpha value is -1.16. The molecule has 0 unspecified atom stereocenters. The van der Waals surface area contributed by atoms with Crippen molar-refractivity contribution in [3.63, 3.8) is 0 Å². The van der Waals surface area contributed by atoms with Crippen molar-refractivity contribution in [1.82, 2.24) is 9.97 Å². The second kappa shape index (κ2) is 3.06. The number of nitrogen functional groups attached to an aromatic ring is 1. The van der Waals surface area contributed by atoms with Gasteiger partial charge in [0.05, 0.1) is 24.7 Å². The highest BCUT2D eigenvalue weighted by Crippen LogP contribution is 2.17. The first-order valence-electron chi connectivity index (χ1n) is 3.75. The van der Waals surface area contributed by atoms with Crippen molar-refractivity contribution in [3.8, 4) is 0 Å². The Balaban J connectivity index is 2.96. The molecule has 0 fully saturated rings. The van der Waals surface area contributed by atoms with Crippen LogP contribution in [0.25, 0.3) is 0 Å². The quantitative estimate of drug-likeness (QED) is 0.665. The molecule has 0 aliphatic heterocycles. The van der Waals surface area contributed by atoms with Crippen molar-refractivity contribution in [2.45, 2.75) is 19.3 Å². The van der Waals surface area contributed by atoms with Gasteiger partial charge in [-0.15, -0.1) is 0 Å². The van der Waals surface area contributed by atoms with Gasteiger partial charge >= 0.3 is 0 Å². The van der Waals surface area contributed by atoms with Crippen molar-refractivity contribution in [2.75, 3.05) is 12.3 Å². The molecule has 4 heteroatoms. The zero-order valence-corrected chi connectivity index (χ0v) is 7.28. The zero-order chi connectivity index (χ0) is 9.19. The van der Waals surface area contributed by atoms with Gasteiger partial charge in [-0.2, -0.15) is 0 Å². The van der Waals surface area contributed by atoms with E-state index in [0.29, 0.717) is 11.5 Å². The third kappa shape index (κ3) is 1.71. The molecule has 1 aromatic rings. The predicted molar refractivity (Wildman–Crippen MR) is 46.6 cm³/mol. The largest absolute Gasteiger partial charge is 0.396 e. The van der Waals surface area contributed by atoms with Crippen molar-refractivity contribution < 1.29 is 5.11 Å². The van der Waals surface area contributed by atoms with Gasteiger partial charge in [0, 0.05) is 5.41 Å². The van der Waals surface area contributed by atoms with E-state index in [4.69, 9.17) is 10.8 Å². The van der Waals surface area contributed by atoms with Crippen LogP contribution in [0, 0.1) is 0 Å². The van der Waals surface area contributed by atoms with Crippen molar-refractivity contribution in [1.29, 1.82) is 0 Å². The van der Waals surface area contributed by atoms with E-state index in [1.807, 2.05) is 13.8 Å². The van der Waals surface area contributed by atoms with Gasteiger partial charge < -0.3 is 10.8 Å². The molecule has 0 amide bonds. The highest BCUT2D eigenvalue weighted by molar-refractivity contribution is 5.30. The van der Waals surface area contributed by atoms with Gasteiger partial charge in [0.1, 0.15) is 5.82 Å². The fraction of sp³-hybridized carbons (Fsp3) is 0.500. The summed E-state index contributed by atoms with van der Waals surface area (Å²) < 4.78 is 0. The minimum atomic E-state index is -0.395. The molecule has 66 valence electrons. The Labute approximate surface area is 71.5 Å². The molecule has 0 saturated heterocycles. The lowest BCUT2D eigenvalue weighted by Gasteiger charge is -2.18. The van der Waals surface area contributed by atoms with Gasteiger partial charge in [0.25, 0.3) is 0 Å². The second-order valence-corrected chi connectivity index (χ2v) is 3.38. The molecule has 0 aliphatic carbocycles. The fourth-order valence-electron chi connectivity index (χ4n) is 0.758. The first kappa shape index (κ1) is 8.93. The van der Waals surface area contributed by atoms with Crippen LogP contribution in [-0.2, 0) is 5.41 Å². The number of nitrogens with zero attached hydrogens (tertiary/aromatic N) is 2. The summed E-state index contributed by atoms with van der Waals surface area (Å²) in [6, 6.07) is 0. The summed E-state index contributed by atoms with van der Waals surface area (Å²) in [7, 11) is 0. The van der Waals surface area contributed by atoms with Crippen LogP contribution in [0.3, 0.4) is 0 Å². The lowest BCUT2D eigenvalue weighted by Crippen LogP contribution is -2.25. The van der Waals surface area contributed by atoms with E-state index >= 15 is 0 Å². The summed E-state index contributed by atoms with van der Waals surface area (Å²) in [6.07, 6.45) is 3.08. The molecule has 0 spiro atoms. The number of hydrogen-bond donors (Lipinski definition) is 2. The molecule has 1 heterocycles. The maximum Gasteiger partial charge on any atom is 0.136 e. The van der Waals surface area contributed by atoms with Gasteiger partial charge in [-0.3, -0.25) is 0 Å². The Morgan fingerprint density at radius 3 is 2.33 bits per heavy atom. The number of anilines is 1. The molecule has 3 N–H and O–H groups in total. The summed E-state index contributed by atoms with van der Waals surface area (Å²) in [5.41, 5.74) is 5.56. The highest BCUT2D eigenvalue weighted by Gasteiger charge is 2.22. The summed E-state index contributed by atoms with van der Waals surface area (Å²) in [5, 5.41) is 9.01. The number of aliphatic hydroxyl groups is 1. The molecular formula is C8H13N3O. The Kier molecular flexibility index (Phi) is 2.28. The monoisotopic (exact) mass is 167 g/mol. The SMILES string of the molecule is CC(C)(CO)c1ncc(N)cn1. The first-order chi connectivity index (χ1) is 5.56. The van der Waals surface area contributed by atoms with E-state index in [-0.39, 0.29) is 6.61 Å². The number of nitrogens with two attached hydrogens (primary N) is 1. The van der Waals surface area contributed by atoms with Crippen LogP contribution in [0.1, 0.15) is 19.7 Å². The van der Waals surface area contributed by atoms with Gasteiger partial charge in [0.2, 0.25) is 0 Å². The molecule has 0 saturated carbocycles. The lowest BCUT2D eigenvalue weighted by atomic mass is 9.94. The molecule has 1 aromatic heterocycles. The van der Waals surface area contributed by atoms with Crippen LogP contribution in [0.15, 0.2) is 12.4 Å². The predicted octanol–water partition coefficient (Wildman–Crippen LogP) is 0.329. The van der Waals surface area contributed by atoms with E-state index in [2.05, 4.69) is 9.97 Å². The van der Waals surface area contributed by atoms with E-state index in [1.54, 1.807) is 12.4 Å². The van der Waals surface area contributed by atoms with E-state index in [9.17, 15) is 0 Å². The third-order valence-electron chi connectivity index (χ3n) is 1.67. The van der Waals surface area contributed by atoms with Gasteiger partial charge in [0.15, 0.2) is 0 Å². The normalized spacial score (nSPS) is 11.6. The standard InChI is InChI=1S/C8H13N3O/c1-8(2,5-12)7-10-3-6(9)4-11-7/h3-4,12H,5,9H2,1-2H3. The number of hydrogen-bond acceptors (Lipinski definition) is 4. The topological polar surface area (TPSA) is 72.0 Å². The maximum absolute atomic E-state index is 9.01. The van der Waals surface area contributed by atoms with Crippen LogP contribution < -0.4 is 5.73 Å². The Bertz CT molecular complexity index is 256. The summed E-state index contributed by atoms with van der Waals surface area (Å²) in [5.74, 6) is 0.610. The lowest BCUT2D eigenvalue weighted by molar-refractivity contribution is 0.211. The van der Waals surface area contributed by atoms with Crippen LogP contribution in [0.5, 0.6) is 0 Å². The Morgan fingerprint density at radius 2 is 1.92 bits per heavy atom. The molecule has 0 atom stereocenters. The molecule has 0 aliphatic rings. The first-order valence-corrected chi connectivity index (χ1v) is 3.75. The van der Waals surface area contributed by atoms with E-state index < -0.39 is 5.41 Å². The minimum absolute atomic E-state index is 0.0247. The molecule has 0 aromatic carbocycles. The highest BCUT2D eigenvalue weighted by atomic mass is 16.3. The zero-order valence-electron chi connectivity index (χ0n) is 7.28. The van der Waals surface area contributed by atoms with Crippen molar-refractivity contribution in [3.05, 3.63) is 18.2 Å². The maximum atomic E-state index is 9.01. The van der Waals surface area contributed by atoms with Crippen molar-refractivity contribution in [2.24, 2.45) is 0 Å². The van der Waals surface area contributed by atoms with Crippen molar-refractivity contribution >= 4 is 5.69 Å². The van der Waals surface area contributed by atoms with Crippen LogP contribution >= 0.6 is 0 Å². The fourth-order valence-corrected chi connectivity index (χ4v) is 0.758. The number of aliphatic hydroxyl groups excluding tert-OH is 1. The number of rotatable bonds is 2. The number of aromatic nitrogens is 2. The van der Waals surface area contributed by atoms with Crippen LogP contribution in [-0.4, -0.2) is 21.7 Å². The van der Waals surface area contributed by atoms with Gasteiger partial charge in [-0.05, 0) is 0 Å². The molecule has 12 heavy (non-hydrogen) atoms. The summed E-state index contributed by atoms with van der Waals surface area (Å²) in [6.45, 7) is 3.77. The van der Waals surface area contributed by atoms with Gasteiger partial charge in [-0.1, -0.05) is 13.8 Å². The van der Waals surface area contributed by atoms with Gasteiger partial charge in [-0.25, -0.2) is 9.97 Å². The third-order valence-corrected chi connectivity index (χ3v) is 1.67. The average Bonchev–Trinajstić information content (AvgIpc) is 2.05. The second-order valence-electron chi connectivity index (χ2n) is 3.38. The molecule has 4 nitrogen and oxygen atoms in total. The summed E-state index contributed by atoms with van der Waals surface area (Å²) in [4.78, 5) is 8.05. The molecule has 0 radical (unpaired) electrons. The van der Waals surface area contributed by atoms with E-state index in [0.717, 1.165) is 0 Å². The molecule has 0 bridgehead atoms. The van der Waals surface area contributed by atoms with Crippen LogP contribution in [0.4, 0.5) is 5.69 Å². The average molecular weight is 167 g/mol. The van der Waals surface area contributed by atoms with E-state index in [1.165, 1.54) is 0 Å². The Morgan fingerprint density at radius 1 is 1.42 bits per heavy atom. The smallest absolute Gasteiger partial charge is 0.136 e. The molecule has 1 rings (SSSR count).